The average Bonchev–Trinajstić information content (AvgIpc) is 3.22. The van der Waals surface area contributed by atoms with E-state index in [1.807, 2.05) is 0 Å². The van der Waals surface area contributed by atoms with Crippen LogP contribution in [0.25, 0.3) is 0 Å². The molecule has 0 radical (unpaired) electrons. The van der Waals surface area contributed by atoms with Gasteiger partial charge in [-0.15, -0.1) is 0 Å². The molecule has 5 fully saturated rings. The third kappa shape index (κ3) is 3.40. The van der Waals surface area contributed by atoms with E-state index in [1.54, 1.807) is 0 Å². The highest BCUT2D eigenvalue weighted by Gasteiger charge is 2.72. The molecule has 37 heavy (non-hydrogen) atoms. The van der Waals surface area contributed by atoms with E-state index in [0.717, 1.165) is 51.2 Å². The molecule has 4 nitrogen and oxygen atoms in total. The molecule has 0 aromatic carbocycles. The summed E-state index contributed by atoms with van der Waals surface area (Å²) in [6.45, 7) is 17.6. The number of hydrogen-bond donors (Lipinski definition) is 0. The van der Waals surface area contributed by atoms with Gasteiger partial charge in [0, 0.05) is 12.3 Å². The number of aldehydes is 1. The number of allylic oxidation sites excluding steroid dienone is 1. The second-order valence-electron chi connectivity index (χ2n) is 14.9. The summed E-state index contributed by atoms with van der Waals surface area (Å²) in [5.74, 6) is 0.817. The Balaban J connectivity index is 1.53. The van der Waals surface area contributed by atoms with Gasteiger partial charge >= 0.3 is 12.0 Å². The zero-order chi connectivity index (χ0) is 27.2. The average molecular weight is 515 g/mol. The van der Waals surface area contributed by atoms with Gasteiger partial charge in [-0.25, -0.2) is 0 Å². The molecule has 0 heterocycles. The summed E-state index contributed by atoms with van der Waals surface area (Å²) in [7, 11) is 0. The smallest absolute Gasteiger partial charge is 0.307 e. The second-order valence-corrected chi connectivity index (χ2v) is 14.9. The molecule has 0 aliphatic heterocycles. The van der Waals surface area contributed by atoms with Gasteiger partial charge in [0.15, 0.2) is 0 Å². The van der Waals surface area contributed by atoms with E-state index in [1.165, 1.54) is 6.92 Å². The third-order valence-corrected chi connectivity index (χ3v) is 13.7. The zero-order valence-corrected chi connectivity index (χ0v) is 23.8. The monoisotopic (exact) mass is 514 g/mol. The molecule has 5 saturated carbocycles. The molecule has 5 rings (SSSR count). The summed E-state index contributed by atoms with van der Waals surface area (Å²) in [6, 6.07) is -1.16. The first-order valence-corrected chi connectivity index (χ1v) is 14.7. The molecule has 0 N–H and O–H groups in total. The summed E-state index contributed by atoms with van der Waals surface area (Å²) in [4.78, 5) is 36.3. The minimum absolute atomic E-state index is 0.0177. The van der Waals surface area contributed by atoms with E-state index in [9.17, 15) is 18.8 Å². The van der Waals surface area contributed by atoms with Crippen LogP contribution in [0.5, 0.6) is 0 Å². The number of hydrogen-bond acceptors (Lipinski definition) is 4. The van der Waals surface area contributed by atoms with Gasteiger partial charge in [0.1, 0.15) is 12.4 Å². The fraction of sp³-hybridized carbons (Fsp3) is 0.844. The molecule has 0 aromatic rings. The van der Waals surface area contributed by atoms with Gasteiger partial charge in [-0.2, -0.15) is 4.39 Å². The molecule has 5 heteroatoms. The molecule has 0 spiro atoms. The van der Waals surface area contributed by atoms with Gasteiger partial charge in [-0.3, -0.25) is 14.4 Å². The lowest BCUT2D eigenvalue weighted by atomic mass is 9.32. The first-order valence-electron chi connectivity index (χ1n) is 14.7. The standard InChI is InChI=1S/C32H47FO4/c1-19(18-34)21-10-15-32(27(33)36)17-16-30(6)22(26(21)32)8-9-24-29(5)13-12-25(37-20(2)35)28(3,4)23(29)11-14-31(24,30)7/h18,21-26H,1,8-17H2,2-7H3/t21-,22+,23-,24+,25-,26+,29-,30+,31+,32-/m0/s1. The van der Waals surface area contributed by atoms with Gasteiger partial charge in [-0.1, -0.05) is 41.2 Å². The predicted octanol–water partition coefficient (Wildman–Crippen LogP) is 7.25. The predicted molar refractivity (Wildman–Crippen MR) is 141 cm³/mol. The normalized spacial score (nSPS) is 50.0. The number of ether oxygens (including phenoxy) is 1. The van der Waals surface area contributed by atoms with E-state index >= 15 is 0 Å². The molecule has 206 valence electrons. The van der Waals surface area contributed by atoms with Crippen LogP contribution < -0.4 is 0 Å². The highest BCUT2D eigenvalue weighted by atomic mass is 19.1. The highest BCUT2D eigenvalue weighted by molar-refractivity contribution is 5.79. The van der Waals surface area contributed by atoms with Crippen LogP contribution in [0.2, 0.25) is 0 Å². The van der Waals surface area contributed by atoms with Crippen molar-refractivity contribution in [1.29, 1.82) is 0 Å². The summed E-state index contributed by atoms with van der Waals surface area (Å²) in [5, 5.41) is 0. The highest BCUT2D eigenvalue weighted by Crippen LogP contribution is 2.77. The van der Waals surface area contributed by atoms with E-state index < -0.39 is 11.5 Å². The maximum Gasteiger partial charge on any atom is 0.307 e. The van der Waals surface area contributed by atoms with Crippen LogP contribution >= 0.6 is 0 Å². The summed E-state index contributed by atoms with van der Waals surface area (Å²) < 4.78 is 20.7. The van der Waals surface area contributed by atoms with Crippen molar-refractivity contribution in [3.63, 3.8) is 0 Å². The second kappa shape index (κ2) is 8.49. The van der Waals surface area contributed by atoms with Gasteiger partial charge in [0.2, 0.25) is 0 Å². The Kier molecular flexibility index (Phi) is 6.21. The Morgan fingerprint density at radius 1 is 0.865 bits per heavy atom. The molecule has 0 unspecified atom stereocenters. The molecule has 5 aliphatic carbocycles. The first-order chi connectivity index (χ1) is 17.2. The van der Waals surface area contributed by atoms with Crippen LogP contribution in [-0.2, 0) is 19.1 Å². The lowest BCUT2D eigenvalue weighted by Gasteiger charge is -2.72. The third-order valence-electron chi connectivity index (χ3n) is 13.7. The van der Waals surface area contributed by atoms with E-state index in [4.69, 9.17) is 4.74 Å². The van der Waals surface area contributed by atoms with Gasteiger partial charge < -0.3 is 4.74 Å². The fourth-order valence-corrected chi connectivity index (χ4v) is 11.8. The Labute approximate surface area is 222 Å². The maximum absolute atomic E-state index is 14.9. The zero-order valence-electron chi connectivity index (χ0n) is 23.8. The minimum Gasteiger partial charge on any atom is -0.462 e. The van der Waals surface area contributed by atoms with Crippen LogP contribution in [0.4, 0.5) is 4.39 Å². The summed E-state index contributed by atoms with van der Waals surface area (Å²) in [6.07, 6.45) is 9.71. The molecular formula is C32H47FO4. The van der Waals surface area contributed by atoms with Crippen molar-refractivity contribution < 1.29 is 23.5 Å². The first kappa shape index (κ1) is 27.1. The SMILES string of the molecule is C=C(C=O)[C@@H]1CC[C@]2(C(=O)F)CC[C@]3(C)[C@H](CC[C@@H]4[C@@]5(C)CC[C@H](OC(C)=O)C(C)(C)[C@@H]5CC[C@]43C)[C@@H]12. The van der Waals surface area contributed by atoms with Crippen molar-refractivity contribution in [2.45, 2.75) is 112 Å². The molecule has 0 saturated heterocycles. The van der Waals surface area contributed by atoms with Crippen LogP contribution in [-0.4, -0.2) is 24.4 Å². The Morgan fingerprint density at radius 3 is 2.19 bits per heavy atom. The molecule has 0 bridgehead atoms. The van der Waals surface area contributed by atoms with Gasteiger partial charge in [0.05, 0.1) is 5.41 Å². The summed E-state index contributed by atoms with van der Waals surface area (Å²) in [5.41, 5.74) is -0.269. The van der Waals surface area contributed by atoms with Crippen LogP contribution in [0.1, 0.15) is 106 Å². The van der Waals surface area contributed by atoms with Crippen LogP contribution in [0.15, 0.2) is 12.2 Å². The maximum atomic E-state index is 14.9. The number of rotatable bonds is 4. The number of esters is 1. The lowest BCUT2D eigenvalue weighted by Crippen LogP contribution is -2.67. The Morgan fingerprint density at radius 2 is 1.57 bits per heavy atom. The quantitative estimate of drug-likeness (QED) is 0.172. The van der Waals surface area contributed by atoms with Crippen molar-refractivity contribution in [2.24, 2.45) is 56.7 Å². The van der Waals surface area contributed by atoms with Crippen molar-refractivity contribution >= 4 is 18.3 Å². The molecule has 0 amide bonds. The number of carbonyl (C=O) groups excluding carboxylic acids is 3. The molecule has 0 aromatic heterocycles. The Bertz CT molecular complexity index is 1020. The van der Waals surface area contributed by atoms with E-state index in [2.05, 4.69) is 41.2 Å². The largest absolute Gasteiger partial charge is 0.462 e. The van der Waals surface area contributed by atoms with E-state index in [-0.39, 0.29) is 51.5 Å². The minimum atomic E-state index is -1.16. The van der Waals surface area contributed by atoms with Crippen molar-refractivity contribution in [1.82, 2.24) is 0 Å². The van der Waals surface area contributed by atoms with Crippen LogP contribution in [0, 0.1) is 56.7 Å². The number of halogens is 1. The lowest BCUT2D eigenvalue weighted by molar-refractivity contribution is -0.249. The van der Waals surface area contributed by atoms with Crippen molar-refractivity contribution in [3.05, 3.63) is 12.2 Å². The fourth-order valence-electron chi connectivity index (χ4n) is 11.8. The van der Waals surface area contributed by atoms with Crippen molar-refractivity contribution in [2.75, 3.05) is 0 Å². The molecular weight excluding hydrogens is 467 g/mol. The number of fused-ring (bicyclic) bond motifs is 7. The van der Waals surface area contributed by atoms with Crippen molar-refractivity contribution in [3.8, 4) is 0 Å². The van der Waals surface area contributed by atoms with Gasteiger partial charge in [-0.05, 0) is 116 Å². The van der Waals surface area contributed by atoms with Crippen LogP contribution in [0.3, 0.4) is 0 Å². The topological polar surface area (TPSA) is 60.4 Å². The summed E-state index contributed by atoms with van der Waals surface area (Å²) >= 11 is 0. The molecule has 5 aliphatic rings. The van der Waals surface area contributed by atoms with Gasteiger partial charge in [0.25, 0.3) is 0 Å². The van der Waals surface area contributed by atoms with E-state index in [0.29, 0.717) is 36.7 Å². The number of carbonyl (C=O) groups is 3. The Hall–Kier alpha value is -1.52. The molecule has 10 atom stereocenters.